The maximum Gasteiger partial charge on any atom is 0.329 e. The van der Waals surface area contributed by atoms with Gasteiger partial charge in [-0.3, -0.25) is 14.3 Å². The molecule has 8 nitrogen and oxygen atoms in total. The van der Waals surface area contributed by atoms with Crippen LogP contribution in [0.25, 0.3) is 11.2 Å². The number of H-pyrrole nitrogens is 1. The second-order valence-corrected chi connectivity index (χ2v) is 4.77. The van der Waals surface area contributed by atoms with Gasteiger partial charge in [-0.15, -0.1) is 0 Å². The summed E-state index contributed by atoms with van der Waals surface area (Å²) >= 11 is 0. The van der Waals surface area contributed by atoms with Gasteiger partial charge in [-0.1, -0.05) is 30.3 Å². The molecule has 22 heavy (non-hydrogen) atoms. The van der Waals surface area contributed by atoms with Crippen LogP contribution in [-0.2, 0) is 14.1 Å². The Labute approximate surface area is 124 Å². The van der Waals surface area contributed by atoms with Crippen LogP contribution in [-0.4, -0.2) is 25.3 Å². The molecule has 0 spiro atoms. The summed E-state index contributed by atoms with van der Waals surface area (Å²) in [4.78, 5) is 30.0. The first-order chi connectivity index (χ1) is 10.6. The topological polar surface area (TPSA) is 97.1 Å². The van der Waals surface area contributed by atoms with E-state index in [4.69, 9.17) is 0 Å². The summed E-state index contributed by atoms with van der Waals surface area (Å²) in [7, 11) is 3.22. The van der Waals surface area contributed by atoms with E-state index >= 15 is 0 Å². The number of benzene rings is 1. The third kappa shape index (κ3) is 2.30. The van der Waals surface area contributed by atoms with Crippen molar-refractivity contribution in [2.24, 2.45) is 19.2 Å². The highest BCUT2D eigenvalue weighted by Crippen LogP contribution is 2.12. The summed E-state index contributed by atoms with van der Waals surface area (Å²) in [6.45, 7) is 0. The van der Waals surface area contributed by atoms with Gasteiger partial charge in [0.05, 0.1) is 6.21 Å². The smallest absolute Gasteiger partial charge is 0.306 e. The molecule has 0 aliphatic rings. The number of aryl methyl sites for hydroxylation is 2. The van der Waals surface area contributed by atoms with Crippen molar-refractivity contribution in [3.8, 4) is 0 Å². The predicted octanol–water partition coefficient (Wildman–Crippen LogP) is 0.406. The number of hydrogen-bond donors (Lipinski definition) is 2. The van der Waals surface area contributed by atoms with Crippen molar-refractivity contribution in [3.63, 3.8) is 0 Å². The molecule has 0 unspecified atom stereocenters. The van der Waals surface area contributed by atoms with Crippen LogP contribution in [0.4, 0.5) is 5.95 Å². The fourth-order valence-electron chi connectivity index (χ4n) is 2.11. The van der Waals surface area contributed by atoms with Crippen molar-refractivity contribution in [1.29, 1.82) is 0 Å². The minimum Gasteiger partial charge on any atom is -0.306 e. The quantitative estimate of drug-likeness (QED) is 0.540. The molecule has 112 valence electrons. The van der Waals surface area contributed by atoms with Gasteiger partial charge in [0.1, 0.15) is 0 Å². The van der Waals surface area contributed by atoms with Gasteiger partial charge in [0.25, 0.3) is 5.56 Å². The second-order valence-electron chi connectivity index (χ2n) is 4.77. The lowest BCUT2D eigenvalue weighted by atomic mass is 10.2. The lowest BCUT2D eigenvalue weighted by Gasteiger charge is -2.00. The zero-order chi connectivity index (χ0) is 15.7. The average Bonchev–Trinajstić information content (AvgIpc) is 2.84. The Morgan fingerprint density at radius 1 is 1.18 bits per heavy atom. The van der Waals surface area contributed by atoms with Crippen LogP contribution < -0.4 is 16.7 Å². The average molecular weight is 298 g/mol. The van der Waals surface area contributed by atoms with E-state index in [1.807, 2.05) is 30.3 Å². The maximum absolute atomic E-state index is 11.9. The minimum atomic E-state index is -0.505. The largest absolute Gasteiger partial charge is 0.329 e. The Morgan fingerprint density at radius 3 is 2.64 bits per heavy atom. The molecular formula is C14H14N6O2. The van der Waals surface area contributed by atoms with E-state index in [1.165, 1.54) is 4.57 Å². The summed E-state index contributed by atoms with van der Waals surface area (Å²) in [5.74, 6) is 0.369. The highest BCUT2D eigenvalue weighted by atomic mass is 16.2. The van der Waals surface area contributed by atoms with E-state index in [9.17, 15) is 9.59 Å². The molecule has 2 heterocycles. The highest BCUT2D eigenvalue weighted by Gasteiger charge is 2.14. The first kappa shape index (κ1) is 13.8. The standard InChI is InChI=1S/C14H14N6O2/c1-19-10-11(20(2)14(22)17-12(10)21)16-13(19)18-15-8-9-6-4-3-5-7-9/h3-8H,1-2H3,(H,16,18)(H,17,21,22)/b15-8-. The van der Waals surface area contributed by atoms with E-state index in [-0.39, 0.29) is 0 Å². The summed E-state index contributed by atoms with van der Waals surface area (Å²) in [6.07, 6.45) is 1.64. The molecule has 0 atom stereocenters. The second kappa shape index (κ2) is 5.32. The van der Waals surface area contributed by atoms with Crippen molar-refractivity contribution in [3.05, 3.63) is 56.7 Å². The number of nitrogens with one attached hydrogen (secondary N) is 2. The van der Waals surface area contributed by atoms with E-state index in [1.54, 1.807) is 24.9 Å². The van der Waals surface area contributed by atoms with Gasteiger partial charge >= 0.3 is 5.69 Å². The summed E-state index contributed by atoms with van der Waals surface area (Å²) in [6, 6.07) is 9.56. The minimum absolute atomic E-state index is 0.300. The molecule has 3 aromatic rings. The molecule has 8 heteroatoms. The van der Waals surface area contributed by atoms with Crippen LogP contribution in [0.3, 0.4) is 0 Å². The SMILES string of the molecule is Cn1c(N/N=C\c2ccccc2)nc2c1c(=O)[nH]c(=O)n2C. The molecular weight excluding hydrogens is 284 g/mol. The molecule has 0 amide bonds. The molecule has 0 saturated heterocycles. The summed E-state index contributed by atoms with van der Waals surface area (Å²) in [5, 5.41) is 4.09. The van der Waals surface area contributed by atoms with E-state index in [2.05, 4.69) is 20.5 Å². The molecule has 1 aromatic carbocycles. The van der Waals surface area contributed by atoms with Crippen LogP contribution in [0.1, 0.15) is 5.56 Å². The number of aromatic amines is 1. The maximum atomic E-state index is 11.9. The first-order valence-electron chi connectivity index (χ1n) is 6.58. The Bertz CT molecular complexity index is 965. The summed E-state index contributed by atoms with van der Waals surface area (Å²) in [5.41, 5.74) is 3.33. The third-order valence-electron chi connectivity index (χ3n) is 3.31. The van der Waals surface area contributed by atoms with Gasteiger partial charge in [-0.25, -0.2) is 10.2 Å². The van der Waals surface area contributed by atoms with Crippen LogP contribution in [0, 0.1) is 0 Å². The zero-order valence-corrected chi connectivity index (χ0v) is 12.1. The van der Waals surface area contributed by atoms with Crippen LogP contribution in [0.2, 0.25) is 0 Å². The van der Waals surface area contributed by atoms with E-state index < -0.39 is 11.2 Å². The molecule has 2 N–H and O–H groups in total. The third-order valence-corrected chi connectivity index (χ3v) is 3.31. The van der Waals surface area contributed by atoms with Crippen molar-refractivity contribution in [2.45, 2.75) is 0 Å². The van der Waals surface area contributed by atoms with Crippen molar-refractivity contribution >= 4 is 23.3 Å². The molecule has 0 fully saturated rings. The Morgan fingerprint density at radius 2 is 1.91 bits per heavy atom. The molecule has 0 aliphatic heterocycles. The fourth-order valence-corrected chi connectivity index (χ4v) is 2.11. The number of fused-ring (bicyclic) bond motifs is 1. The first-order valence-corrected chi connectivity index (χ1v) is 6.58. The molecule has 2 aromatic heterocycles. The normalized spacial score (nSPS) is 11.4. The number of rotatable bonds is 3. The molecule has 0 saturated carbocycles. The predicted molar refractivity (Wildman–Crippen MR) is 84.2 cm³/mol. The highest BCUT2D eigenvalue weighted by molar-refractivity contribution is 5.80. The van der Waals surface area contributed by atoms with Gasteiger partial charge in [0.15, 0.2) is 11.2 Å². The van der Waals surface area contributed by atoms with Gasteiger partial charge in [0, 0.05) is 14.1 Å². The van der Waals surface area contributed by atoms with Crippen molar-refractivity contribution in [2.75, 3.05) is 5.43 Å². The van der Waals surface area contributed by atoms with E-state index in [0.29, 0.717) is 17.1 Å². The number of nitrogens with zero attached hydrogens (tertiary/aromatic N) is 4. The van der Waals surface area contributed by atoms with Crippen LogP contribution >= 0.6 is 0 Å². The van der Waals surface area contributed by atoms with Gasteiger partial charge in [-0.05, 0) is 5.56 Å². The van der Waals surface area contributed by atoms with Gasteiger partial charge in [-0.2, -0.15) is 10.1 Å². The van der Waals surface area contributed by atoms with Gasteiger partial charge < -0.3 is 4.57 Å². The lowest BCUT2D eigenvalue weighted by Crippen LogP contribution is -2.29. The number of imidazole rings is 1. The lowest BCUT2D eigenvalue weighted by molar-refractivity contribution is 0.829. The van der Waals surface area contributed by atoms with Crippen LogP contribution in [0.5, 0.6) is 0 Å². The van der Waals surface area contributed by atoms with Gasteiger partial charge in [0.2, 0.25) is 5.95 Å². The number of aromatic nitrogens is 4. The van der Waals surface area contributed by atoms with E-state index in [0.717, 1.165) is 5.56 Å². The Balaban J connectivity index is 1.99. The molecule has 0 radical (unpaired) electrons. The molecule has 0 bridgehead atoms. The van der Waals surface area contributed by atoms with Crippen molar-refractivity contribution < 1.29 is 0 Å². The Kier molecular flexibility index (Phi) is 3.34. The molecule has 0 aliphatic carbocycles. The Hall–Kier alpha value is -3.16. The van der Waals surface area contributed by atoms with Crippen LogP contribution in [0.15, 0.2) is 45.0 Å². The number of anilines is 1. The number of hydrazone groups is 1. The number of hydrogen-bond acceptors (Lipinski definition) is 5. The molecule has 3 rings (SSSR count). The zero-order valence-electron chi connectivity index (χ0n) is 12.1. The summed E-state index contributed by atoms with van der Waals surface area (Å²) < 4.78 is 2.83. The monoisotopic (exact) mass is 298 g/mol. The fraction of sp³-hybridized carbons (Fsp3) is 0.143. The van der Waals surface area contributed by atoms with Crippen molar-refractivity contribution in [1.82, 2.24) is 19.1 Å².